The highest BCUT2D eigenvalue weighted by atomic mass is 35.5. The quantitative estimate of drug-likeness (QED) is 0.462. The summed E-state index contributed by atoms with van der Waals surface area (Å²) in [4.78, 5) is 17.8. The van der Waals surface area contributed by atoms with Crippen molar-refractivity contribution in [2.75, 3.05) is 33.4 Å². The number of aryl methyl sites for hydroxylation is 2. The van der Waals surface area contributed by atoms with Crippen molar-refractivity contribution < 1.29 is 13.9 Å². The van der Waals surface area contributed by atoms with Crippen molar-refractivity contribution in [3.8, 4) is 11.3 Å². The lowest BCUT2D eigenvalue weighted by molar-refractivity contribution is 0.0955. The summed E-state index contributed by atoms with van der Waals surface area (Å²) in [6.07, 6.45) is 1.71. The SMILES string of the molecule is COCCNCCNC(=O)c1cc(-c2cc(C)oc2C)nc2c1cnn2C(C)C.Cl.Cl. The lowest BCUT2D eigenvalue weighted by atomic mass is 10.1. The lowest BCUT2D eigenvalue weighted by Gasteiger charge is -2.11. The number of hydrogen-bond acceptors (Lipinski definition) is 6. The highest BCUT2D eigenvalue weighted by molar-refractivity contribution is 6.06. The number of furan rings is 1. The predicted octanol–water partition coefficient (Wildman–Crippen LogP) is 3.70. The Labute approximate surface area is 194 Å². The zero-order chi connectivity index (χ0) is 21.0. The van der Waals surface area contributed by atoms with E-state index in [0.29, 0.717) is 36.6 Å². The fourth-order valence-corrected chi connectivity index (χ4v) is 3.27. The number of pyridine rings is 1. The number of nitrogens with one attached hydrogen (secondary N) is 2. The first-order valence-electron chi connectivity index (χ1n) is 9.86. The van der Waals surface area contributed by atoms with Crippen LogP contribution in [0.2, 0.25) is 0 Å². The molecule has 0 radical (unpaired) electrons. The molecule has 0 spiro atoms. The predicted molar refractivity (Wildman–Crippen MR) is 127 cm³/mol. The number of ether oxygens (including phenoxy) is 1. The molecule has 0 saturated heterocycles. The first kappa shape index (κ1) is 26.9. The zero-order valence-corrected chi connectivity index (χ0v) is 20.2. The molecule has 0 saturated carbocycles. The number of hydrogen-bond donors (Lipinski definition) is 2. The van der Waals surface area contributed by atoms with Gasteiger partial charge in [-0.3, -0.25) is 4.79 Å². The number of nitrogens with zero attached hydrogens (tertiary/aromatic N) is 3. The van der Waals surface area contributed by atoms with Gasteiger partial charge >= 0.3 is 0 Å². The van der Waals surface area contributed by atoms with E-state index in [1.165, 1.54) is 0 Å². The van der Waals surface area contributed by atoms with Crippen molar-refractivity contribution in [1.82, 2.24) is 25.4 Å². The van der Waals surface area contributed by atoms with Crippen LogP contribution in [-0.4, -0.2) is 54.0 Å². The van der Waals surface area contributed by atoms with E-state index in [9.17, 15) is 4.79 Å². The van der Waals surface area contributed by atoms with Crippen molar-refractivity contribution in [3.63, 3.8) is 0 Å². The molecule has 0 aliphatic carbocycles. The molecule has 3 rings (SSSR count). The number of carbonyl (C=O) groups is 1. The van der Waals surface area contributed by atoms with E-state index in [0.717, 1.165) is 29.0 Å². The second-order valence-corrected chi connectivity index (χ2v) is 7.30. The summed E-state index contributed by atoms with van der Waals surface area (Å²) in [5.41, 5.74) is 2.85. The molecule has 31 heavy (non-hydrogen) atoms. The van der Waals surface area contributed by atoms with Crippen LogP contribution in [0.25, 0.3) is 22.3 Å². The first-order chi connectivity index (χ1) is 13.9. The Morgan fingerprint density at radius 2 is 1.94 bits per heavy atom. The van der Waals surface area contributed by atoms with E-state index in [-0.39, 0.29) is 36.8 Å². The zero-order valence-electron chi connectivity index (χ0n) is 18.5. The van der Waals surface area contributed by atoms with Crippen LogP contribution in [-0.2, 0) is 4.74 Å². The van der Waals surface area contributed by atoms with E-state index in [4.69, 9.17) is 14.1 Å². The highest BCUT2D eigenvalue weighted by Gasteiger charge is 2.20. The van der Waals surface area contributed by atoms with Crippen molar-refractivity contribution >= 4 is 41.8 Å². The van der Waals surface area contributed by atoms with E-state index in [2.05, 4.69) is 15.7 Å². The molecule has 0 aliphatic rings. The number of halogens is 2. The molecular weight excluding hydrogens is 441 g/mol. The molecule has 8 nitrogen and oxygen atoms in total. The van der Waals surface area contributed by atoms with E-state index in [1.54, 1.807) is 13.3 Å². The van der Waals surface area contributed by atoms with Gasteiger partial charge in [-0.15, -0.1) is 24.8 Å². The average Bonchev–Trinajstić information content (AvgIpc) is 3.26. The highest BCUT2D eigenvalue weighted by Crippen LogP contribution is 2.29. The van der Waals surface area contributed by atoms with Crippen molar-refractivity contribution in [3.05, 3.63) is 35.4 Å². The third-order valence-electron chi connectivity index (χ3n) is 4.69. The molecule has 172 valence electrons. The smallest absolute Gasteiger partial charge is 0.252 e. The van der Waals surface area contributed by atoms with Crippen molar-refractivity contribution in [2.24, 2.45) is 0 Å². The normalized spacial score (nSPS) is 10.8. The standard InChI is InChI=1S/C21H29N5O3.2ClH/c1-13(2)26-20-18(12-24-26)17(21(27)23-7-6-22-8-9-28-5)11-19(25-20)16-10-14(3)29-15(16)4;;/h10-13,22H,6-9H2,1-5H3,(H,23,27);2*1H. The summed E-state index contributed by atoms with van der Waals surface area (Å²) < 4.78 is 12.5. The number of carbonyl (C=O) groups excluding carboxylic acids is 1. The van der Waals surface area contributed by atoms with Gasteiger partial charge in [-0.25, -0.2) is 9.67 Å². The summed E-state index contributed by atoms with van der Waals surface area (Å²) >= 11 is 0. The fourth-order valence-electron chi connectivity index (χ4n) is 3.27. The number of rotatable bonds is 9. The summed E-state index contributed by atoms with van der Waals surface area (Å²) in [5, 5.41) is 11.4. The van der Waals surface area contributed by atoms with Crippen LogP contribution >= 0.6 is 24.8 Å². The maximum Gasteiger partial charge on any atom is 0.252 e. The van der Waals surface area contributed by atoms with Gasteiger partial charge in [0.05, 0.1) is 29.4 Å². The van der Waals surface area contributed by atoms with Crippen LogP contribution in [0, 0.1) is 13.8 Å². The average molecular weight is 472 g/mol. The van der Waals surface area contributed by atoms with Gasteiger partial charge in [0, 0.05) is 38.3 Å². The topological polar surface area (TPSA) is 94.2 Å². The minimum absolute atomic E-state index is 0. The molecule has 0 atom stereocenters. The number of fused-ring (bicyclic) bond motifs is 1. The van der Waals surface area contributed by atoms with E-state index in [1.807, 2.05) is 44.5 Å². The molecule has 0 aromatic carbocycles. The second kappa shape index (κ2) is 12.0. The summed E-state index contributed by atoms with van der Waals surface area (Å²) in [5.74, 6) is 1.44. The summed E-state index contributed by atoms with van der Waals surface area (Å²) in [6, 6.07) is 3.89. The molecule has 2 N–H and O–H groups in total. The molecule has 3 aromatic rings. The Hall–Kier alpha value is -2.13. The third-order valence-corrected chi connectivity index (χ3v) is 4.69. The molecule has 3 heterocycles. The monoisotopic (exact) mass is 471 g/mol. The Morgan fingerprint density at radius 1 is 1.19 bits per heavy atom. The largest absolute Gasteiger partial charge is 0.466 e. The van der Waals surface area contributed by atoms with Gasteiger partial charge in [0.15, 0.2) is 5.65 Å². The minimum atomic E-state index is -0.145. The fraction of sp³-hybridized carbons (Fsp3) is 0.476. The van der Waals surface area contributed by atoms with Crippen LogP contribution in [0.1, 0.15) is 41.8 Å². The summed E-state index contributed by atoms with van der Waals surface area (Å²) in [6.45, 7) is 10.5. The van der Waals surface area contributed by atoms with E-state index >= 15 is 0 Å². The summed E-state index contributed by atoms with van der Waals surface area (Å²) in [7, 11) is 1.66. The first-order valence-corrected chi connectivity index (χ1v) is 9.86. The Kier molecular flexibility index (Phi) is 10.5. The number of methoxy groups -OCH3 is 1. The third kappa shape index (κ3) is 6.20. The van der Waals surface area contributed by atoms with Gasteiger partial charge in [0.25, 0.3) is 5.91 Å². The van der Waals surface area contributed by atoms with Gasteiger partial charge in [-0.1, -0.05) is 0 Å². The Bertz CT molecular complexity index is 1000. The van der Waals surface area contributed by atoms with Crippen LogP contribution in [0.15, 0.2) is 22.7 Å². The maximum absolute atomic E-state index is 12.9. The number of amides is 1. The molecule has 0 unspecified atom stereocenters. The van der Waals surface area contributed by atoms with Gasteiger partial charge < -0.3 is 19.8 Å². The minimum Gasteiger partial charge on any atom is -0.466 e. The molecule has 0 fully saturated rings. The van der Waals surface area contributed by atoms with Crippen molar-refractivity contribution in [2.45, 2.75) is 33.7 Å². The molecule has 1 amide bonds. The van der Waals surface area contributed by atoms with E-state index < -0.39 is 0 Å². The Morgan fingerprint density at radius 3 is 2.55 bits per heavy atom. The molecular formula is C21H31Cl2N5O3. The van der Waals surface area contributed by atoms with Gasteiger partial charge in [0.2, 0.25) is 0 Å². The Balaban J connectivity index is 0.00000240. The molecule has 3 aromatic heterocycles. The second-order valence-electron chi connectivity index (χ2n) is 7.30. The number of aromatic nitrogens is 3. The maximum atomic E-state index is 12.9. The van der Waals surface area contributed by atoms with Crippen LogP contribution < -0.4 is 10.6 Å². The molecule has 0 aliphatic heterocycles. The van der Waals surface area contributed by atoms with Crippen LogP contribution in [0.4, 0.5) is 0 Å². The van der Waals surface area contributed by atoms with Crippen LogP contribution in [0.5, 0.6) is 0 Å². The van der Waals surface area contributed by atoms with Crippen molar-refractivity contribution in [1.29, 1.82) is 0 Å². The van der Waals surface area contributed by atoms with Gasteiger partial charge in [-0.2, -0.15) is 5.10 Å². The van der Waals surface area contributed by atoms with Gasteiger partial charge in [0.1, 0.15) is 11.5 Å². The lowest BCUT2D eigenvalue weighted by Crippen LogP contribution is -2.33. The van der Waals surface area contributed by atoms with Gasteiger partial charge in [-0.05, 0) is 39.8 Å². The van der Waals surface area contributed by atoms with Crippen LogP contribution in [0.3, 0.4) is 0 Å². The molecule has 10 heteroatoms. The molecule has 0 bridgehead atoms.